The Bertz CT molecular complexity index is 1010. The lowest BCUT2D eigenvalue weighted by Crippen LogP contribution is -2.11. The summed E-state index contributed by atoms with van der Waals surface area (Å²) in [6.07, 6.45) is 3.71. The van der Waals surface area contributed by atoms with E-state index in [2.05, 4.69) is 16.9 Å². The van der Waals surface area contributed by atoms with Crippen LogP contribution in [0.25, 0.3) is 0 Å². The molecule has 27 heavy (non-hydrogen) atoms. The number of rotatable bonds is 7. The Labute approximate surface area is 160 Å². The Morgan fingerprint density at radius 2 is 1.96 bits per heavy atom. The number of allylic oxidation sites excluding steroid dienone is 2. The average Bonchev–Trinajstić information content (AvgIpc) is 2.64. The number of hydrogen-bond acceptors (Lipinski definition) is 5. The van der Waals surface area contributed by atoms with E-state index in [1.165, 1.54) is 24.3 Å². The molecule has 0 atom stereocenters. The smallest absolute Gasteiger partial charge is 0.206 e. The van der Waals surface area contributed by atoms with Crippen molar-refractivity contribution in [3.63, 3.8) is 0 Å². The van der Waals surface area contributed by atoms with Gasteiger partial charge in [0.25, 0.3) is 0 Å². The van der Waals surface area contributed by atoms with Gasteiger partial charge in [-0.3, -0.25) is 4.99 Å². The van der Waals surface area contributed by atoms with Gasteiger partial charge in [0.2, 0.25) is 9.84 Å². The Morgan fingerprint density at radius 3 is 2.59 bits per heavy atom. The molecule has 2 aromatic carbocycles. The molecule has 5 nitrogen and oxygen atoms in total. The average molecular weight is 385 g/mol. The molecule has 0 saturated heterocycles. The summed E-state index contributed by atoms with van der Waals surface area (Å²) >= 11 is 0. The first-order valence-electron chi connectivity index (χ1n) is 8.42. The number of nitrogens with zero attached hydrogens (tertiary/aromatic N) is 1. The van der Waals surface area contributed by atoms with Crippen molar-refractivity contribution >= 4 is 15.5 Å². The predicted octanol–water partition coefficient (Wildman–Crippen LogP) is 3.78. The highest BCUT2D eigenvalue weighted by Gasteiger charge is 2.20. The molecule has 6 heteroatoms. The van der Waals surface area contributed by atoms with Crippen molar-refractivity contribution in [2.75, 3.05) is 7.05 Å². The van der Waals surface area contributed by atoms with Gasteiger partial charge in [-0.1, -0.05) is 24.8 Å². The number of aromatic hydroxyl groups is 1. The number of aryl methyl sites for hydroxylation is 1. The van der Waals surface area contributed by atoms with Crippen LogP contribution in [0.5, 0.6) is 5.75 Å². The van der Waals surface area contributed by atoms with Gasteiger partial charge in [0.1, 0.15) is 5.75 Å². The van der Waals surface area contributed by atoms with Crippen molar-refractivity contribution in [1.29, 1.82) is 0 Å². The van der Waals surface area contributed by atoms with Crippen LogP contribution in [0.4, 0.5) is 0 Å². The molecule has 0 unspecified atom stereocenters. The quantitative estimate of drug-likeness (QED) is 0.562. The topological polar surface area (TPSA) is 78.8 Å². The Hall–Kier alpha value is -2.86. The maximum absolute atomic E-state index is 12.8. The second-order valence-electron chi connectivity index (χ2n) is 6.18. The molecular weight excluding hydrogens is 360 g/mol. The Kier molecular flexibility index (Phi) is 6.58. The third kappa shape index (κ3) is 5.31. The van der Waals surface area contributed by atoms with Crippen molar-refractivity contribution < 1.29 is 13.5 Å². The fraction of sp³-hybridized carbons (Fsp3) is 0.190. The highest BCUT2D eigenvalue weighted by molar-refractivity contribution is 7.91. The number of nitrogens with one attached hydrogen (secondary N) is 1. The normalized spacial score (nSPS) is 12.3. The van der Waals surface area contributed by atoms with Crippen LogP contribution in [0.2, 0.25) is 0 Å². The summed E-state index contributed by atoms with van der Waals surface area (Å²) in [7, 11) is -1.96. The van der Waals surface area contributed by atoms with Gasteiger partial charge < -0.3 is 10.4 Å². The van der Waals surface area contributed by atoms with E-state index < -0.39 is 9.84 Å². The Morgan fingerprint density at radius 1 is 1.22 bits per heavy atom. The molecule has 0 aromatic heterocycles. The fourth-order valence-corrected chi connectivity index (χ4v) is 3.99. The van der Waals surface area contributed by atoms with Crippen molar-refractivity contribution in [1.82, 2.24) is 5.32 Å². The van der Waals surface area contributed by atoms with E-state index in [4.69, 9.17) is 0 Å². The lowest BCUT2D eigenvalue weighted by Gasteiger charge is -2.11. The van der Waals surface area contributed by atoms with Crippen LogP contribution in [0.3, 0.4) is 0 Å². The number of phenolic OH excluding ortho intramolecular Hbond substituents is 1. The maximum Gasteiger partial charge on any atom is 0.206 e. The summed E-state index contributed by atoms with van der Waals surface area (Å²) in [6.45, 7) is 8.12. The fourth-order valence-electron chi connectivity index (χ4n) is 2.47. The van der Waals surface area contributed by atoms with Crippen molar-refractivity contribution in [3.8, 4) is 5.75 Å². The van der Waals surface area contributed by atoms with Crippen molar-refractivity contribution in [2.45, 2.75) is 30.2 Å². The van der Waals surface area contributed by atoms with E-state index in [9.17, 15) is 13.5 Å². The van der Waals surface area contributed by atoms with Gasteiger partial charge in [-0.05, 0) is 61.4 Å². The molecule has 0 aliphatic heterocycles. The first-order valence-corrected chi connectivity index (χ1v) is 9.90. The first kappa shape index (κ1) is 20.5. The Balaban J connectivity index is 2.16. The van der Waals surface area contributed by atoms with Crippen LogP contribution in [0.1, 0.15) is 18.1 Å². The van der Waals surface area contributed by atoms with Crippen LogP contribution < -0.4 is 5.32 Å². The zero-order valence-corrected chi connectivity index (χ0v) is 16.5. The van der Waals surface area contributed by atoms with Gasteiger partial charge in [-0.15, -0.1) is 0 Å². The minimum absolute atomic E-state index is 0.0722. The standard InChI is InChI=1S/C21H24N2O3S/c1-15-12-18(14-23-17(3)9-8-16(2)22-4)10-11-21(15)27(25,26)20-7-5-6-19(24)13-20/h5-13,23-24H,3,14H2,1-2,4H3/b9-8-,22-16?. The maximum atomic E-state index is 12.8. The number of hydrogen-bond donors (Lipinski definition) is 2. The highest BCUT2D eigenvalue weighted by atomic mass is 32.2. The number of benzene rings is 2. The molecule has 0 heterocycles. The van der Waals surface area contributed by atoms with Crippen LogP contribution in [-0.4, -0.2) is 26.3 Å². The summed E-state index contributed by atoms with van der Waals surface area (Å²) in [6, 6.07) is 10.9. The van der Waals surface area contributed by atoms with E-state index in [1.54, 1.807) is 26.1 Å². The molecule has 142 valence electrons. The lowest BCUT2D eigenvalue weighted by molar-refractivity contribution is 0.473. The molecule has 0 fully saturated rings. The number of aliphatic imine (C=N–C) groups is 1. The molecule has 0 aliphatic rings. The largest absolute Gasteiger partial charge is 0.508 e. The molecule has 0 radical (unpaired) electrons. The van der Waals surface area contributed by atoms with E-state index in [-0.39, 0.29) is 15.5 Å². The summed E-state index contributed by atoms with van der Waals surface area (Å²) in [4.78, 5) is 4.34. The van der Waals surface area contributed by atoms with E-state index >= 15 is 0 Å². The minimum atomic E-state index is -3.68. The van der Waals surface area contributed by atoms with E-state index in [0.29, 0.717) is 12.1 Å². The van der Waals surface area contributed by atoms with E-state index in [1.807, 2.05) is 25.1 Å². The van der Waals surface area contributed by atoms with Crippen molar-refractivity contribution in [3.05, 3.63) is 78.0 Å². The zero-order chi connectivity index (χ0) is 20.0. The van der Waals surface area contributed by atoms with Gasteiger partial charge in [-0.2, -0.15) is 0 Å². The summed E-state index contributed by atoms with van der Waals surface area (Å²) in [5.41, 5.74) is 3.23. The second-order valence-corrected chi connectivity index (χ2v) is 8.10. The second kappa shape index (κ2) is 8.68. The van der Waals surface area contributed by atoms with Crippen LogP contribution >= 0.6 is 0 Å². The van der Waals surface area contributed by atoms with Crippen LogP contribution in [0.15, 0.2) is 81.7 Å². The monoisotopic (exact) mass is 384 g/mol. The third-order valence-electron chi connectivity index (χ3n) is 4.05. The molecule has 0 spiro atoms. The van der Waals surface area contributed by atoms with Gasteiger partial charge in [0, 0.05) is 25.0 Å². The van der Waals surface area contributed by atoms with E-state index in [0.717, 1.165) is 17.0 Å². The highest BCUT2D eigenvalue weighted by Crippen LogP contribution is 2.26. The van der Waals surface area contributed by atoms with Gasteiger partial charge in [-0.25, -0.2) is 8.42 Å². The lowest BCUT2D eigenvalue weighted by atomic mass is 10.1. The predicted molar refractivity (Wildman–Crippen MR) is 109 cm³/mol. The minimum Gasteiger partial charge on any atom is -0.508 e. The molecule has 2 N–H and O–H groups in total. The molecule has 0 aliphatic carbocycles. The first-order chi connectivity index (χ1) is 12.7. The number of phenols is 1. The summed E-state index contributed by atoms with van der Waals surface area (Å²) in [5, 5.41) is 12.7. The van der Waals surface area contributed by atoms with Crippen LogP contribution in [0, 0.1) is 6.92 Å². The van der Waals surface area contributed by atoms with Crippen molar-refractivity contribution in [2.24, 2.45) is 4.99 Å². The molecule has 0 saturated carbocycles. The molecule has 2 aromatic rings. The molecule has 0 bridgehead atoms. The zero-order valence-electron chi connectivity index (χ0n) is 15.7. The SMILES string of the molecule is C=C(/C=C\C(C)=NC)NCc1ccc(S(=O)(=O)c2cccc(O)c2)c(C)c1. The molecular formula is C21H24N2O3S. The number of sulfone groups is 1. The summed E-state index contributed by atoms with van der Waals surface area (Å²) < 4.78 is 25.6. The summed E-state index contributed by atoms with van der Waals surface area (Å²) in [5.74, 6) is -0.0792. The van der Waals surface area contributed by atoms with Gasteiger partial charge >= 0.3 is 0 Å². The van der Waals surface area contributed by atoms with Gasteiger partial charge in [0.15, 0.2) is 0 Å². The molecule has 2 rings (SSSR count). The molecule has 0 amide bonds. The van der Waals surface area contributed by atoms with Gasteiger partial charge in [0.05, 0.1) is 9.79 Å². The van der Waals surface area contributed by atoms with Crippen LogP contribution in [-0.2, 0) is 16.4 Å². The third-order valence-corrected chi connectivity index (χ3v) is 5.97.